The zero-order valence-electron chi connectivity index (χ0n) is 9.09. The van der Waals surface area contributed by atoms with Gasteiger partial charge in [-0.3, -0.25) is 0 Å². The van der Waals surface area contributed by atoms with Crippen LogP contribution >= 0.6 is 11.6 Å². The SMILES string of the molecule is Cc1c(Cl)nnc(OCCC2CC2)c1C. The van der Waals surface area contributed by atoms with Gasteiger partial charge in [0.05, 0.1) is 6.61 Å². The molecule has 0 saturated heterocycles. The second kappa shape index (κ2) is 4.35. The van der Waals surface area contributed by atoms with E-state index in [1.807, 2.05) is 13.8 Å². The van der Waals surface area contributed by atoms with Gasteiger partial charge in [-0.25, -0.2) is 0 Å². The van der Waals surface area contributed by atoms with E-state index >= 15 is 0 Å². The largest absolute Gasteiger partial charge is 0.476 e. The van der Waals surface area contributed by atoms with Crippen molar-refractivity contribution in [1.82, 2.24) is 10.2 Å². The highest BCUT2D eigenvalue weighted by Crippen LogP contribution is 2.32. The van der Waals surface area contributed by atoms with E-state index in [4.69, 9.17) is 16.3 Å². The molecule has 0 radical (unpaired) electrons. The van der Waals surface area contributed by atoms with Crippen LogP contribution in [0.25, 0.3) is 0 Å². The van der Waals surface area contributed by atoms with Crippen molar-refractivity contribution >= 4 is 11.6 Å². The molecule has 0 spiro atoms. The first-order valence-corrected chi connectivity index (χ1v) is 5.68. The number of hydrogen-bond donors (Lipinski definition) is 0. The maximum Gasteiger partial charge on any atom is 0.236 e. The lowest BCUT2D eigenvalue weighted by Gasteiger charge is -2.09. The minimum absolute atomic E-state index is 0.460. The van der Waals surface area contributed by atoms with Crippen molar-refractivity contribution in [2.24, 2.45) is 5.92 Å². The normalized spacial score (nSPS) is 15.4. The van der Waals surface area contributed by atoms with Crippen LogP contribution in [0.3, 0.4) is 0 Å². The smallest absolute Gasteiger partial charge is 0.236 e. The Hall–Kier alpha value is -0.830. The number of halogens is 1. The predicted octanol–water partition coefficient (Wildman–Crippen LogP) is 2.93. The highest BCUT2D eigenvalue weighted by molar-refractivity contribution is 6.30. The molecular formula is C11H15ClN2O. The molecule has 0 atom stereocenters. The molecule has 2 rings (SSSR count). The molecule has 0 aromatic carbocycles. The minimum atomic E-state index is 0.460. The third kappa shape index (κ3) is 2.59. The molecule has 3 nitrogen and oxygen atoms in total. The van der Waals surface area contributed by atoms with Gasteiger partial charge >= 0.3 is 0 Å². The third-order valence-corrected chi connectivity index (χ3v) is 3.24. The Balaban J connectivity index is 1.97. The maximum absolute atomic E-state index is 5.85. The number of hydrogen-bond acceptors (Lipinski definition) is 3. The van der Waals surface area contributed by atoms with E-state index in [9.17, 15) is 0 Å². The maximum atomic E-state index is 5.85. The number of nitrogens with zero attached hydrogens (tertiary/aromatic N) is 2. The van der Waals surface area contributed by atoms with Crippen LogP contribution in [0.2, 0.25) is 5.15 Å². The standard InChI is InChI=1S/C11H15ClN2O/c1-7-8(2)11(14-13-10(7)12)15-6-5-9-3-4-9/h9H,3-6H2,1-2H3. The van der Waals surface area contributed by atoms with Crippen LogP contribution in [0.5, 0.6) is 5.88 Å². The summed E-state index contributed by atoms with van der Waals surface area (Å²) in [5.74, 6) is 1.50. The van der Waals surface area contributed by atoms with E-state index in [1.165, 1.54) is 12.8 Å². The van der Waals surface area contributed by atoms with Gasteiger partial charge in [-0.2, -0.15) is 0 Å². The van der Waals surface area contributed by atoms with E-state index < -0.39 is 0 Å². The van der Waals surface area contributed by atoms with Crippen molar-refractivity contribution in [3.8, 4) is 5.88 Å². The van der Waals surface area contributed by atoms with E-state index in [-0.39, 0.29) is 0 Å². The van der Waals surface area contributed by atoms with Crippen LogP contribution < -0.4 is 4.74 Å². The molecule has 0 bridgehead atoms. The first-order valence-electron chi connectivity index (χ1n) is 5.30. The van der Waals surface area contributed by atoms with Gasteiger partial charge in [0.1, 0.15) is 0 Å². The van der Waals surface area contributed by atoms with Crippen LogP contribution in [0.4, 0.5) is 0 Å². The Morgan fingerprint density at radius 2 is 2.00 bits per heavy atom. The van der Waals surface area contributed by atoms with Gasteiger partial charge in [-0.15, -0.1) is 10.2 Å². The summed E-state index contributed by atoms with van der Waals surface area (Å²) in [5.41, 5.74) is 1.94. The number of ether oxygens (including phenoxy) is 1. The van der Waals surface area contributed by atoms with Crippen LogP contribution in [0.15, 0.2) is 0 Å². The van der Waals surface area contributed by atoms with Crippen molar-refractivity contribution in [1.29, 1.82) is 0 Å². The second-order valence-corrected chi connectivity index (χ2v) is 4.48. The molecule has 15 heavy (non-hydrogen) atoms. The van der Waals surface area contributed by atoms with Gasteiger partial charge in [-0.05, 0) is 31.7 Å². The Morgan fingerprint density at radius 3 is 2.67 bits per heavy atom. The van der Waals surface area contributed by atoms with Crippen LogP contribution in [-0.2, 0) is 0 Å². The molecule has 1 aromatic rings. The zero-order chi connectivity index (χ0) is 10.8. The van der Waals surface area contributed by atoms with E-state index in [1.54, 1.807) is 0 Å². The summed E-state index contributed by atoms with van der Waals surface area (Å²) in [7, 11) is 0. The molecule has 1 aliphatic carbocycles. The summed E-state index contributed by atoms with van der Waals surface area (Å²) >= 11 is 5.85. The summed E-state index contributed by atoms with van der Waals surface area (Å²) < 4.78 is 5.59. The molecule has 0 N–H and O–H groups in total. The van der Waals surface area contributed by atoms with Gasteiger partial charge in [0.25, 0.3) is 0 Å². The fourth-order valence-corrected chi connectivity index (χ4v) is 1.60. The van der Waals surface area contributed by atoms with Crippen molar-refractivity contribution < 1.29 is 4.74 Å². The minimum Gasteiger partial charge on any atom is -0.476 e. The second-order valence-electron chi connectivity index (χ2n) is 4.13. The highest BCUT2D eigenvalue weighted by atomic mass is 35.5. The monoisotopic (exact) mass is 226 g/mol. The lowest BCUT2D eigenvalue weighted by molar-refractivity contribution is 0.285. The molecule has 1 fully saturated rings. The van der Waals surface area contributed by atoms with Gasteiger partial charge < -0.3 is 4.74 Å². The molecule has 0 unspecified atom stereocenters. The van der Waals surface area contributed by atoms with E-state index in [2.05, 4.69) is 10.2 Å². The lowest BCUT2D eigenvalue weighted by atomic mass is 10.2. The van der Waals surface area contributed by atoms with E-state index in [0.29, 0.717) is 11.0 Å². The van der Waals surface area contributed by atoms with Crippen LogP contribution in [-0.4, -0.2) is 16.8 Å². The van der Waals surface area contributed by atoms with Crippen molar-refractivity contribution in [3.05, 3.63) is 16.3 Å². The molecular weight excluding hydrogens is 212 g/mol. The average molecular weight is 227 g/mol. The summed E-state index contributed by atoms with van der Waals surface area (Å²) in [6.07, 6.45) is 3.84. The van der Waals surface area contributed by atoms with Gasteiger partial charge in [-0.1, -0.05) is 24.4 Å². The van der Waals surface area contributed by atoms with Crippen LogP contribution in [0.1, 0.15) is 30.4 Å². The number of rotatable bonds is 4. The summed E-state index contributed by atoms with van der Waals surface area (Å²) in [6, 6.07) is 0. The van der Waals surface area contributed by atoms with E-state index in [0.717, 1.165) is 30.1 Å². The van der Waals surface area contributed by atoms with Gasteiger partial charge in [0.15, 0.2) is 5.15 Å². The molecule has 4 heteroatoms. The Morgan fingerprint density at radius 1 is 1.27 bits per heavy atom. The lowest BCUT2D eigenvalue weighted by Crippen LogP contribution is -2.04. The first-order chi connectivity index (χ1) is 7.18. The fraction of sp³-hybridized carbons (Fsp3) is 0.636. The summed E-state index contributed by atoms with van der Waals surface area (Å²) in [6.45, 7) is 4.63. The molecule has 1 aliphatic rings. The first kappa shape index (κ1) is 10.7. The predicted molar refractivity (Wildman–Crippen MR) is 59.4 cm³/mol. The molecule has 1 heterocycles. The topological polar surface area (TPSA) is 35.0 Å². The zero-order valence-corrected chi connectivity index (χ0v) is 9.84. The highest BCUT2D eigenvalue weighted by Gasteiger charge is 2.21. The van der Waals surface area contributed by atoms with Crippen LogP contribution in [0, 0.1) is 19.8 Å². The molecule has 82 valence electrons. The van der Waals surface area contributed by atoms with Crippen molar-refractivity contribution in [3.63, 3.8) is 0 Å². The molecule has 0 amide bonds. The Bertz CT molecular complexity index is 364. The Labute approximate surface area is 94.8 Å². The number of aromatic nitrogens is 2. The molecule has 1 saturated carbocycles. The van der Waals surface area contributed by atoms with Gasteiger partial charge in [0, 0.05) is 5.56 Å². The van der Waals surface area contributed by atoms with Crippen molar-refractivity contribution in [2.75, 3.05) is 6.61 Å². The van der Waals surface area contributed by atoms with Crippen molar-refractivity contribution in [2.45, 2.75) is 33.1 Å². The molecule has 0 aliphatic heterocycles. The summed E-state index contributed by atoms with van der Waals surface area (Å²) in [4.78, 5) is 0. The quantitative estimate of drug-likeness (QED) is 0.792. The Kier molecular flexibility index (Phi) is 3.10. The van der Waals surface area contributed by atoms with Gasteiger partial charge in [0.2, 0.25) is 5.88 Å². The summed E-state index contributed by atoms with van der Waals surface area (Å²) in [5, 5.41) is 8.26. The fourth-order valence-electron chi connectivity index (χ4n) is 1.42. The molecule has 1 aromatic heterocycles. The third-order valence-electron chi connectivity index (χ3n) is 2.88. The average Bonchev–Trinajstić information content (AvgIpc) is 3.02.